The van der Waals surface area contributed by atoms with Gasteiger partial charge in [0, 0.05) is 6.61 Å². The first-order valence-corrected chi connectivity index (χ1v) is 16.0. The lowest BCUT2D eigenvalue weighted by molar-refractivity contribution is -0.146. The molecule has 0 heterocycles. The fourth-order valence-corrected chi connectivity index (χ4v) is 4.51. The molecule has 0 aliphatic rings. The maximum absolute atomic E-state index is 12.7. The molecule has 1 unspecified atom stereocenters. The van der Waals surface area contributed by atoms with Gasteiger partial charge in [0.25, 0.3) is 0 Å². The Morgan fingerprint density at radius 3 is 1.80 bits per heavy atom. The first-order chi connectivity index (χ1) is 21.9. The molecule has 0 aliphatic heterocycles. The second-order valence-corrected chi connectivity index (χ2v) is 10.9. The van der Waals surface area contributed by atoms with Gasteiger partial charge in [-0.1, -0.05) is 95.2 Å². The fraction of sp³-hybridized carbons (Fsp3) is 0.395. The zero-order chi connectivity index (χ0) is 32.3. The van der Waals surface area contributed by atoms with Crippen LogP contribution in [0.1, 0.15) is 84.1 Å². The summed E-state index contributed by atoms with van der Waals surface area (Å²) in [6.07, 6.45) is 11.2. The first-order valence-electron chi connectivity index (χ1n) is 16.0. The van der Waals surface area contributed by atoms with Crippen LogP contribution in [0.2, 0.25) is 0 Å². The fourth-order valence-electron chi connectivity index (χ4n) is 4.51. The Balaban J connectivity index is 1.49. The molecule has 45 heavy (non-hydrogen) atoms. The van der Waals surface area contributed by atoms with E-state index in [9.17, 15) is 14.9 Å². The van der Waals surface area contributed by atoms with Crippen molar-refractivity contribution in [2.24, 2.45) is 0 Å². The number of carbonyl (C=O) groups is 2. The van der Waals surface area contributed by atoms with Crippen molar-refractivity contribution in [2.45, 2.75) is 84.7 Å². The second-order valence-electron chi connectivity index (χ2n) is 10.9. The monoisotopic (exact) mass is 611 g/mol. The molecule has 3 aromatic rings. The van der Waals surface area contributed by atoms with E-state index < -0.39 is 18.0 Å². The van der Waals surface area contributed by atoms with Gasteiger partial charge in [-0.15, -0.1) is 0 Å². The average Bonchev–Trinajstić information content (AvgIpc) is 3.06. The summed E-state index contributed by atoms with van der Waals surface area (Å²) in [4.78, 5) is 25.0. The van der Waals surface area contributed by atoms with Crippen molar-refractivity contribution in [1.29, 1.82) is 5.26 Å². The standard InChI is InChI=1S/C38H45NO6/c1-4-6-8-9-10-12-26-43-34-19-13-30(14-20-34)27-33(28-39)38(41)45-36-23-17-32(18-24-36)31-15-21-35(22-16-31)44-37(40)29(3)42-25-11-7-5-2/h13-24,27,29H,4-12,25-26H2,1-3H3/b33-27+. The number of unbranched alkanes of at least 4 members (excludes halogenated alkanes) is 7. The number of benzene rings is 3. The number of nitrogens with zero attached hydrogens (tertiary/aromatic N) is 1. The summed E-state index contributed by atoms with van der Waals surface area (Å²) in [7, 11) is 0. The largest absolute Gasteiger partial charge is 0.494 e. The third-order valence-corrected chi connectivity index (χ3v) is 7.22. The molecule has 0 N–H and O–H groups in total. The van der Waals surface area contributed by atoms with Crippen molar-refractivity contribution < 1.29 is 28.5 Å². The predicted molar refractivity (Wildman–Crippen MR) is 177 cm³/mol. The first kappa shape index (κ1) is 35.1. The molecule has 0 spiro atoms. The van der Waals surface area contributed by atoms with Crippen LogP contribution in [0, 0.1) is 11.3 Å². The highest BCUT2D eigenvalue weighted by Crippen LogP contribution is 2.25. The summed E-state index contributed by atoms with van der Waals surface area (Å²) in [6, 6.07) is 23.3. The maximum atomic E-state index is 12.7. The second kappa shape index (κ2) is 19.8. The Hall–Kier alpha value is -4.41. The Morgan fingerprint density at radius 1 is 0.689 bits per heavy atom. The minimum atomic E-state index is -0.733. The smallest absolute Gasteiger partial charge is 0.354 e. The minimum absolute atomic E-state index is 0.106. The predicted octanol–water partition coefficient (Wildman–Crippen LogP) is 9.11. The van der Waals surface area contributed by atoms with E-state index in [2.05, 4.69) is 13.8 Å². The van der Waals surface area contributed by atoms with E-state index >= 15 is 0 Å². The Bertz CT molecular complexity index is 1390. The maximum Gasteiger partial charge on any atom is 0.354 e. The van der Waals surface area contributed by atoms with Crippen LogP contribution in [0.3, 0.4) is 0 Å². The van der Waals surface area contributed by atoms with Crippen LogP contribution in [-0.2, 0) is 14.3 Å². The zero-order valence-corrected chi connectivity index (χ0v) is 26.8. The van der Waals surface area contributed by atoms with Gasteiger partial charge in [0.05, 0.1) is 6.61 Å². The van der Waals surface area contributed by atoms with Crippen molar-refractivity contribution in [1.82, 2.24) is 0 Å². The number of rotatable bonds is 19. The van der Waals surface area contributed by atoms with Crippen molar-refractivity contribution in [3.05, 3.63) is 83.9 Å². The Morgan fingerprint density at radius 2 is 1.20 bits per heavy atom. The molecule has 7 nitrogen and oxygen atoms in total. The van der Waals surface area contributed by atoms with E-state index in [-0.39, 0.29) is 5.57 Å². The van der Waals surface area contributed by atoms with Gasteiger partial charge in [0.15, 0.2) is 6.10 Å². The summed E-state index contributed by atoms with van der Waals surface area (Å²) in [5, 5.41) is 9.59. The average molecular weight is 612 g/mol. The number of ether oxygens (including phenoxy) is 4. The highest BCUT2D eigenvalue weighted by Gasteiger charge is 2.16. The zero-order valence-electron chi connectivity index (χ0n) is 26.8. The van der Waals surface area contributed by atoms with Crippen LogP contribution < -0.4 is 14.2 Å². The molecular weight excluding hydrogens is 566 g/mol. The number of esters is 2. The van der Waals surface area contributed by atoms with Gasteiger partial charge in [0.2, 0.25) is 0 Å². The third-order valence-electron chi connectivity index (χ3n) is 7.22. The topological polar surface area (TPSA) is 94.9 Å². The van der Waals surface area contributed by atoms with Crippen molar-refractivity contribution in [3.63, 3.8) is 0 Å². The van der Waals surface area contributed by atoms with Gasteiger partial charge in [-0.3, -0.25) is 0 Å². The number of hydrogen-bond acceptors (Lipinski definition) is 7. The molecule has 0 saturated carbocycles. The molecule has 0 fully saturated rings. The lowest BCUT2D eigenvalue weighted by Gasteiger charge is -2.12. The van der Waals surface area contributed by atoms with E-state index in [0.717, 1.165) is 49.0 Å². The van der Waals surface area contributed by atoms with Crippen LogP contribution in [0.4, 0.5) is 0 Å². The van der Waals surface area contributed by atoms with Gasteiger partial charge in [0.1, 0.15) is 28.9 Å². The number of carbonyl (C=O) groups excluding carboxylic acids is 2. The van der Waals surface area contributed by atoms with Crippen LogP contribution in [-0.4, -0.2) is 31.3 Å². The van der Waals surface area contributed by atoms with Gasteiger partial charge in [-0.25, -0.2) is 9.59 Å². The summed E-state index contributed by atoms with van der Waals surface area (Å²) >= 11 is 0. The van der Waals surface area contributed by atoms with Crippen LogP contribution >= 0.6 is 0 Å². The Labute approximate surface area is 267 Å². The van der Waals surface area contributed by atoms with Crippen LogP contribution in [0.25, 0.3) is 17.2 Å². The molecule has 1 atom stereocenters. The molecule has 238 valence electrons. The SMILES string of the molecule is CCCCCCCCOc1ccc(/C=C(\C#N)C(=O)Oc2ccc(-c3ccc(OC(=O)C(C)OCCCCC)cc3)cc2)cc1. The summed E-state index contributed by atoms with van der Waals surface area (Å²) in [5.41, 5.74) is 2.38. The van der Waals surface area contributed by atoms with Gasteiger partial charge in [-0.05, 0) is 78.9 Å². The molecule has 3 aromatic carbocycles. The van der Waals surface area contributed by atoms with Crippen molar-refractivity contribution in [3.8, 4) is 34.4 Å². The van der Waals surface area contributed by atoms with Crippen LogP contribution in [0.15, 0.2) is 78.4 Å². The van der Waals surface area contributed by atoms with Crippen molar-refractivity contribution >= 4 is 18.0 Å². The van der Waals surface area contributed by atoms with E-state index in [1.807, 2.05) is 54.6 Å². The highest BCUT2D eigenvalue weighted by atomic mass is 16.6. The molecule has 3 rings (SSSR count). The van der Waals surface area contributed by atoms with Crippen molar-refractivity contribution in [2.75, 3.05) is 13.2 Å². The van der Waals surface area contributed by atoms with Gasteiger partial charge in [-0.2, -0.15) is 5.26 Å². The van der Waals surface area contributed by atoms with E-state index in [1.54, 1.807) is 31.2 Å². The Kier molecular flexibility index (Phi) is 15.4. The van der Waals surface area contributed by atoms with E-state index in [4.69, 9.17) is 18.9 Å². The quantitative estimate of drug-likeness (QED) is 0.0439. The van der Waals surface area contributed by atoms with Gasteiger partial charge >= 0.3 is 11.9 Å². The summed E-state index contributed by atoms with van der Waals surface area (Å²) in [5.74, 6) is 0.352. The molecule has 0 saturated heterocycles. The van der Waals surface area contributed by atoms with E-state index in [1.165, 1.54) is 31.8 Å². The number of nitriles is 1. The summed E-state index contributed by atoms with van der Waals surface area (Å²) in [6.45, 7) is 7.22. The lowest BCUT2D eigenvalue weighted by atomic mass is 10.1. The summed E-state index contributed by atoms with van der Waals surface area (Å²) < 4.78 is 22.3. The van der Waals surface area contributed by atoms with Crippen LogP contribution in [0.5, 0.6) is 17.2 Å². The van der Waals surface area contributed by atoms with Gasteiger partial charge < -0.3 is 18.9 Å². The highest BCUT2D eigenvalue weighted by molar-refractivity contribution is 5.99. The lowest BCUT2D eigenvalue weighted by Crippen LogP contribution is -2.26. The number of hydrogen-bond donors (Lipinski definition) is 0. The molecule has 0 amide bonds. The molecule has 0 aliphatic carbocycles. The molecule has 7 heteroatoms. The molecule has 0 radical (unpaired) electrons. The normalized spacial score (nSPS) is 11.8. The molecular formula is C38H45NO6. The van der Waals surface area contributed by atoms with E-state index in [0.29, 0.717) is 30.3 Å². The molecule has 0 bridgehead atoms. The molecule has 0 aromatic heterocycles. The third kappa shape index (κ3) is 12.6. The minimum Gasteiger partial charge on any atom is -0.494 e.